The van der Waals surface area contributed by atoms with Gasteiger partial charge in [-0.2, -0.15) is 5.10 Å². The molecule has 0 spiro atoms. The van der Waals surface area contributed by atoms with Crippen LogP contribution in [0.5, 0.6) is 0 Å². The number of nitrogen functional groups attached to an aromatic ring is 1. The molecule has 0 bridgehead atoms. The maximum absolute atomic E-state index is 5.96. The van der Waals surface area contributed by atoms with Crippen molar-refractivity contribution in [1.29, 1.82) is 0 Å². The highest BCUT2D eigenvalue weighted by atomic mass is 15.3. The summed E-state index contributed by atoms with van der Waals surface area (Å²) >= 11 is 0. The SMILES string of the molecule is Cn1ncc(N)c1-c1cn(C)c2ncccc12. The van der Waals surface area contributed by atoms with Crippen molar-refractivity contribution < 1.29 is 0 Å². The molecule has 0 aliphatic carbocycles. The molecule has 86 valence electrons. The zero-order valence-electron chi connectivity index (χ0n) is 9.75. The minimum absolute atomic E-state index is 0.684. The molecular weight excluding hydrogens is 214 g/mol. The normalized spacial score (nSPS) is 11.2. The summed E-state index contributed by atoms with van der Waals surface area (Å²) in [7, 11) is 3.87. The molecule has 0 unspecified atom stereocenters. The number of nitrogens with zero attached hydrogens (tertiary/aromatic N) is 4. The molecule has 3 aromatic heterocycles. The molecule has 0 amide bonds. The molecule has 3 rings (SSSR count). The molecule has 0 aromatic carbocycles. The fourth-order valence-electron chi connectivity index (χ4n) is 2.19. The van der Waals surface area contributed by atoms with Gasteiger partial charge in [-0.25, -0.2) is 4.98 Å². The van der Waals surface area contributed by atoms with E-state index in [1.54, 1.807) is 17.1 Å². The Balaban J connectivity index is 2.39. The Morgan fingerprint density at radius 1 is 1.29 bits per heavy atom. The van der Waals surface area contributed by atoms with E-state index < -0.39 is 0 Å². The smallest absolute Gasteiger partial charge is 0.140 e. The molecule has 5 nitrogen and oxygen atoms in total. The Morgan fingerprint density at radius 2 is 2.12 bits per heavy atom. The van der Waals surface area contributed by atoms with E-state index in [1.165, 1.54) is 0 Å². The largest absolute Gasteiger partial charge is 0.396 e. The van der Waals surface area contributed by atoms with Gasteiger partial charge in [0.1, 0.15) is 5.65 Å². The van der Waals surface area contributed by atoms with Crippen LogP contribution in [0.25, 0.3) is 22.3 Å². The average molecular weight is 227 g/mol. The lowest BCUT2D eigenvalue weighted by Crippen LogP contribution is -1.95. The minimum Gasteiger partial charge on any atom is -0.396 e. The number of hydrogen-bond acceptors (Lipinski definition) is 3. The number of aromatic nitrogens is 4. The highest BCUT2D eigenvalue weighted by molar-refractivity contribution is 5.95. The summed E-state index contributed by atoms with van der Waals surface area (Å²) in [5.41, 5.74) is 9.59. The summed E-state index contributed by atoms with van der Waals surface area (Å²) in [6.45, 7) is 0. The molecule has 0 saturated heterocycles. The summed E-state index contributed by atoms with van der Waals surface area (Å²) in [5, 5.41) is 5.26. The van der Waals surface area contributed by atoms with E-state index in [0.29, 0.717) is 5.69 Å². The molecule has 3 heterocycles. The maximum Gasteiger partial charge on any atom is 0.140 e. The third-order valence-electron chi connectivity index (χ3n) is 2.96. The first-order valence-electron chi connectivity index (χ1n) is 5.36. The van der Waals surface area contributed by atoms with Gasteiger partial charge in [0.2, 0.25) is 0 Å². The standard InChI is InChI=1S/C12H13N5/c1-16-7-9(8-4-3-5-14-12(8)16)11-10(13)6-15-17(11)2/h3-7H,13H2,1-2H3. The zero-order chi connectivity index (χ0) is 12.0. The van der Waals surface area contributed by atoms with Crippen molar-refractivity contribution >= 4 is 16.7 Å². The van der Waals surface area contributed by atoms with Gasteiger partial charge >= 0.3 is 0 Å². The van der Waals surface area contributed by atoms with Crippen LogP contribution in [-0.2, 0) is 14.1 Å². The summed E-state index contributed by atoms with van der Waals surface area (Å²) in [6, 6.07) is 3.97. The zero-order valence-corrected chi connectivity index (χ0v) is 9.75. The Morgan fingerprint density at radius 3 is 2.82 bits per heavy atom. The van der Waals surface area contributed by atoms with Crippen LogP contribution in [0.15, 0.2) is 30.7 Å². The highest BCUT2D eigenvalue weighted by Crippen LogP contribution is 2.32. The average Bonchev–Trinajstić information content (AvgIpc) is 2.82. The fraction of sp³-hybridized carbons (Fsp3) is 0.167. The summed E-state index contributed by atoms with van der Waals surface area (Å²) in [5.74, 6) is 0. The third kappa shape index (κ3) is 1.32. The van der Waals surface area contributed by atoms with Gasteiger partial charge in [-0.05, 0) is 12.1 Å². The van der Waals surface area contributed by atoms with Gasteiger partial charge in [0.15, 0.2) is 0 Å². The molecule has 0 aliphatic heterocycles. The van der Waals surface area contributed by atoms with Crippen LogP contribution in [0.2, 0.25) is 0 Å². The number of nitrogens with two attached hydrogens (primary N) is 1. The van der Waals surface area contributed by atoms with Gasteiger partial charge in [0, 0.05) is 37.4 Å². The second kappa shape index (κ2) is 3.35. The second-order valence-corrected chi connectivity index (χ2v) is 4.10. The first kappa shape index (κ1) is 9.89. The number of rotatable bonds is 1. The molecule has 2 N–H and O–H groups in total. The molecule has 0 saturated carbocycles. The molecule has 0 fully saturated rings. The van der Waals surface area contributed by atoms with Gasteiger partial charge in [0.05, 0.1) is 17.6 Å². The van der Waals surface area contributed by atoms with Crippen LogP contribution in [0.4, 0.5) is 5.69 Å². The molecular formula is C12H13N5. The van der Waals surface area contributed by atoms with Crippen LogP contribution in [-0.4, -0.2) is 19.3 Å². The van der Waals surface area contributed by atoms with E-state index in [1.807, 2.05) is 37.0 Å². The lowest BCUT2D eigenvalue weighted by Gasteiger charge is -2.01. The van der Waals surface area contributed by atoms with E-state index in [9.17, 15) is 0 Å². The lowest BCUT2D eigenvalue weighted by molar-refractivity contribution is 0.776. The lowest BCUT2D eigenvalue weighted by atomic mass is 10.1. The van der Waals surface area contributed by atoms with Gasteiger partial charge in [-0.1, -0.05) is 0 Å². The first-order chi connectivity index (χ1) is 8.18. The maximum atomic E-state index is 5.96. The number of anilines is 1. The van der Waals surface area contributed by atoms with Crippen molar-refractivity contribution in [1.82, 2.24) is 19.3 Å². The second-order valence-electron chi connectivity index (χ2n) is 4.10. The van der Waals surface area contributed by atoms with Crippen molar-refractivity contribution in [2.24, 2.45) is 14.1 Å². The van der Waals surface area contributed by atoms with E-state index in [0.717, 1.165) is 22.3 Å². The van der Waals surface area contributed by atoms with E-state index in [2.05, 4.69) is 10.1 Å². The minimum atomic E-state index is 0.684. The Hall–Kier alpha value is -2.30. The van der Waals surface area contributed by atoms with Crippen LogP contribution < -0.4 is 5.73 Å². The van der Waals surface area contributed by atoms with Crippen LogP contribution in [0.3, 0.4) is 0 Å². The monoisotopic (exact) mass is 227 g/mol. The molecule has 0 atom stereocenters. The summed E-state index contributed by atoms with van der Waals surface area (Å²) in [6.07, 6.45) is 5.49. The van der Waals surface area contributed by atoms with Crippen molar-refractivity contribution in [2.75, 3.05) is 5.73 Å². The van der Waals surface area contributed by atoms with Gasteiger partial charge < -0.3 is 10.3 Å². The molecule has 0 radical (unpaired) electrons. The van der Waals surface area contributed by atoms with E-state index in [4.69, 9.17) is 5.73 Å². The van der Waals surface area contributed by atoms with E-state index in [-0.39, 0.29) is 0 Å². The Bertz CT molecular complexity index is 673. The number of hydrogen-bond donors (Lipinski definition) is 1. The van der Waals surface area contributed by atoms with Gasteiger partial charge in [-0.3, -0.25) is 4.68 Å². The third-order valence-corrected chi connectivity index (χ3v) is 2.96. The van der Waals surface area contributed by atoms with Crippen LogP contribution in [0.1, 0.15) is 0 Å². The van der Waals surface area contributed by atoms with Crippen molar-refractivity contribution in [2.45, 2.75) is 0 Å². The Kier molecular flexibility index (Phi) is 1.95. The van der Waals surface area contributed by atoms with Crippen molar-refractivity contribution in [3.63, 3.8) is 0 Å². The number of aryl methyl sites for hydroxylation is 2. The predicted molar refractivity (Wildman–Crippen MR) is 67.3 cm³/mol. The van der Waals surface area contributed by atoms with Gasteiger partial charge in [-0.15, -0.1) is 0 Å². The number of pyridine rings is 1. The molecule has 5 heteroatoms. The predicted octanol–water partition coefficient (Wildman–Crippen LogP) is 1.56. The quantitative estimate of drug-likeness (QED) is 0.686. The van der Waals surface area contributed by atoms with Crippen LogP contribution in [0, 0.1) is 0 Å². The summed E-state index contributed by atoms with van der Waals surface area (Å²) in [4.78, 5) is 4.36. The summed E-state index contributed by atoms with van der Waals surface area (Å²) < 4.78 is 3.79. The molecule has 0 aliphatic rings. The first-order valence-corrected chi connectivity index (χ1v) is 5.36. The van der Waals surface area contributed by atoms with E-state index >= 15 is 0 Å². The topological polar surface area (TPSA) is 61.7 Å². The van der Waals surface area contributed by atoms with Crippen molar-refractivity contribution in [3.8, 4) is 11.3 Å². The number of fused-ring (bicyclic) bond motifs is 1. The van der Waals surface area contributed by atoms with Crippen LogP contribution >= 0.6 is 0 Å². The highest BCUT2D eigenvalue weighted by Gasteiger charge is 2.14. The fourth-order valence-corrected chi connectivity index (χ4v) is 2.19. The Labute approximate surface area is 98.5 Å². The van der Waals surface area contributed by atoms with Gasteiger partial charge in [0.25, 0.3) is 0 Å². The molecule has 17 heavy (non-hydrogen) atoms. The molecule has 3 aromatic rings. The van der Waals surface area contributed by atoms with Crippen molar-refractivity contribution in [3.05, 3.63) is 30.7 Å².